The monoisotopic (exact) mass is 288 g/mol. The van der Waals surface area contributed by atoms with Gasteiger partial charge in [-0.3, -0.25) is 10.1 Å². The average molecular weight is 288 g/mol. The largest absolute Gasteiger partial charge is 0.486 e. The number of aromatic nitrogens is 3. The van der Waals surface area contributed by atoms with Crippen LogP contribution in [0.15, 0.2) is 24.3 Å². The Morgan fingerprint density at radius 3 is 2.76 bits per heavy atom. The van der Waals surface area contributed by atoms with Gasteiger partial charge in [-0.15, -0.1) is 10.2 Å². The fourth-order valence-electron chi connectivity index (χ4n) is 2.46. The summed E-state index contributed by atoms with van der Waals surface area (Å²) in [4.78, 5) is 10.2. The molecule has 0 atom stereocenters. The zero-order valence-electron chi connectivity index (χ0n) is 11.6. The molecule has 0 bridgehead atoms. The number of benzene rings is 1. The van der Waals surface area contributed by atoms with Crippen LogP contribution in [0.3, 0.4) is 0 Å². The number of fused-ring (bicyclic) bond motifs is 1. The van der Waals surface area contributed by atoms with E-state index in [4.69, 9.17) is 4.74 Å². The van der Waals surface area contributed by atoms with Gasteiger partial charge in [0.15, 0.2) is 5.82 Å². The van der Waals surface area contributed by atoms with Gasteiger partial charge in [0.2, 0.25) is 0 Å². The van der Waals surface area contributed by atoms with Crippen LogP contribution in [0.5, 0.6) is 5.75 Å². The molecule has 1 aromatic heterocycles. The fourth-order valence-corrected chi connectivity index (χ4v) is 2.46. The second-order valence-corrected chi connectivity index (χ2v) is 5.03. The molecule has 1 aromatic carbocycles. The third-order valence-electron chi connectivity index (χ3n) is 3.60. The summed E-state index contributed by atoms with van der Waals surface area (Å²) in [5, 5.41) is 19.0. The molecule has 3 rings (SSSR count). The first-order chi connectivity index (χ1) is 10.2. The first-order valence-corrected chi connectivity index (χ1v) is 7.02. The molecule has 2 aromatic rings. The Balaban J connectivity index is 1.67. The van der Waals surface area contributed by atoms with E-state index in [2.05, 4.69) is 14.8 Å². The first kappa shape index (κ1) is 13.5. The van der Waals surface area contributed by atoms with Crippen LogP contribution in [-0.4, -0.2) is 19.7 Å². The summed E-state index contributed by atoms with van der Waals surface area (Å²) in [6.07, 6.45) is 4.47. The van der Waals surface area contributed by atoms with Crippen molar-refractivity contribution in [1.29, 1.82) is 0 Å². The van der Waals surface area contributed by atoms with Crippen LogP contribution in [-0.2, 0) is 19.6 Å². The van der Waals surface area contributed by atoms with E-state index in [1.54, 1.807) is 12.1 Å². The van der Waals surface area contributed by atoms with Crippen molar-refractivity contribution in [3.05, 3.63) is 46.0 Å². The second kappa shape index (κ2) is 5.90. The van der Waals surface area contributed by atoms with Crippen LogP contribution < -0.4 is 4.74 Å². The van der Waals surface area contributed by atoms with Gasteiger partial charge in [0.05, 0.1) is 4.92 Å². The Bertz CT molecular complexity index is 636. The Morgan fingerprint density at radius 2 is 2.00 bits per heavy atom. The van der Waals surface area contributed by atoms with Crippen LogP contribution >= 0.6 is 0 Å². The lowest BCUT2D eigenvalue weighted by atomic mass is 10.2. The normalized spacial score (nSPS) is 14.3. The number of hydrogen-bond acceptors (Lipinski definition) is 5. The molecule has 21 heavy (non-hydrogen) atoms. The van der Waals surface area contributed by atoms with E-state index >= 15 is 0 Å². The molecule has 0 saturated carbocycles. The van der Waals surface area contributed by atoms with Gasteiger partial charge in [0, 0.05) is 25.1 Å². The van der Waals surface area contributed by atoms with E-state index < -0.39 is 4.92 Å². The zero-order valence-corrected chi connectivity index (χ0v) is 11.6. The summed E-state index contributed by atoms with van der Waals surface area (Å²) in [5.74, 6) is 2.42. The topological polar surface area (TPSA) is 83.1 Å². The van der Waals surface area contributed by atoms with E-state index in [0.29, 0.717) is 12.4 Å². The van der Waals surface area contributed by atoms with E-state index in [-0.39, 0.29) is 5.69 Å². The van der Waals surface area contributed by atoms with Crippen LogP contribution in [0.2, 0.25) is 0 Å². The Morgan fingerprint density at radius 1 is 1.19 bits per heavy atom. The minimum absolute atomic E-state index is 0.0543. The number of ether oxygens (including phenoxy) is 1. The van der Waals surface area contributed by atoms with Crippen LogP contribution in [0.25, 0.3) is 0 Å². The van der Waals surface area contributed by atoms with Gasteiger partial charge < -0.3 is 9.30 Å². The fraction of sp³-hybridized carbons (Fsp3) is 0.429. The summed E-state index contributed by atoms with van der Waals surface area (Å²) in [5.41, 5.74) is 0.0543. The first-order valence-electron chi connectivity index (χ1n) is 7.02. The van der Waals surface area contributed by atoms with Crippen molar-refractivity contribution in [2.75, 3.05) is 0 Å². The molecule has 0 unspecified atom stereocenters. The number of rotatable bonds is 4. The van der Waals surface area contributed by atoms with Crippen LogP contribution in [0, 0.1) is 10.1 Å². The minimum atomic E-state index is -0.428. The summed E-state index contributed by atoms with van der Waals surface area (Å²) in [6, 6.07) is 6.05. The molecule has 0 radical (unpaired) electrons. The Kier molecular flexibility index (Phi) is 3.81. The van der Waals surface area contributed by atoms with Crippen LogP contribution in [0.4, 0.5) is 5.69 Å². The van der Waals surface area contributed by atoms with Crippen molar-refractivity contribution < 1.29 is 9.66 Å². The molecule has 110 valence electrons. The van der Waals surface area contributed by atoms with Gasteiger partial charge in [-0.1, -0.05) is 6.42 Å². The van der Waals surface area contributed by atoms with Crippen molar-refractivity contribution in [3.8, 4) is 5.75 Å². The smallest absolute Gasteiger partial charge is 0.269 e. The maximum atomic E-state index is 10.6. The van der Waals surface area contributed by atoms with Gasteiger partial charge in [0.1, 0.15) is 18.2 Å². The highest BCUT2D eigenvalue weighted by molar-refractivity contribution is 5.35. The summed E-state index contributed by atoms with van der Waals surface area (Å²) < 4.78 is 7.77. The van der Waals surface area contributed by atoms with Crippen molar-refractivity contribution >= 4 is 5.69 Å². The molecule has 7 heteroatoms. The molecule has 0 saturated heterocycles. The van der Waals surface area contributed by atoms with E-state index in [0.717, 1.165) is 37.5 Å². The number of aryl methyl sites for hydroxylation is 1. The van der Waals surface area contributed by atoms with E-state index in [9.17, 15) is 10.1 Å². The molecular formula is C14H16N4O3. The number of nitrogens with zero attached hydrogens (tertiary/aromatic N) is 4. The molecule has 0 spiro atoms. The summed E-state index contributed by atoms with van der Waals surface area (Å²) in [6.45, 7) is 1.26. The van der Waals surface area contributed by atoms with E-state index in [1.165, 1.54) is 18.6 Å². The maximum absolute atomic E-state index is 10.6. The molecule has 1 aliphatic rings. The molecule has 0 aliphatic carbocycles. The quantitative estimate of drug-likeness (QED) is 0.637. The summed E-state index contributed by atoms with van der Waals surface area (Å²) >= 11 is 0. The zero-order chi connectivity index (χ0) is 14.7. The number of nitro groups is 1. The van der Waals surface area contributed by atoms with Crippen molar-refractivity contribution in [1.82, 2.24) is 14.8 Å². The highest BCUT2D eigenvalue weighted by atomic mass is 16.6. The lowest BCUT2D eigenvalue weighted by Crippen LogP contribution is -2.08. The van der Waals surface area contributed by atoms with Crippen LogP contribution in [0.1, 0.15) is 30.9 Å². The van der Waals surface area contributed by atoms with Gasteiger partial charge in [-0.2, -0.15) is 0 Å². The molecule has 2 heterocycles. The van der Waals surface area contributed by atoms with Gasteiger partial charge in [-0.05, 0) is 25.0 Å². The maximum Gasteiger partial charge on any atom is 0.269 e. The molecular weight excluding hydrogens is 272 g/mol. The van der Waals surface area contributed by atoms with E-state index in [1.807, 2.05) is 0 Å². The Labute approximate surface area is 121 Å². The SMILES string of the molecule is O=[N+]([O-])c1ccc(OCc2nnc3n2CCCCC3)cc1. The number of nitro benzene ring substituents is 1. The molecule has 0 N–H and O–H groups in total. The molecule has 7 nitrogen and oxygen atoms in total. The number of hydrogen-bond donors (Lipinski definition) is 0. The third kappa shape index (κ3) is 3.01. The third-order valence-corrected chi connectivity index (χ3v) is 3.60. The van der Waals surface area contributed by atoms with Crippen molar-refractivity contribution in [2.24, 2.45) is 0 Å². The molecule has 0 fully saturated rings. The van der Waals surface area contributed by atoms with Gasteiger partial charge >= 0.3 is 0 Å². The predicted molar refractivity (Wildman–Crippen MR) is 75.0 cm³/mol. The highest BCUT2D eigenvalue weighted by Gasteiger charge is 2.15. The predicted octanol–water partition coefficient (Wildman–Crippen LogP) is 2.49. The lowest BCUT2D eigenvalue weighted by molar-refractivity contribution is -0.384. The van der Waals surface area contributed by atoms with Gasteiger partial charge in [-0.25, -0.2) is 0 Å². The minimum Gasteiger partial charge on any atom is -0.486 e. The second-order valence-electron chi connectivity index (χ2n) is 5.03. The standard InChI is InChI=1S/C14H16N4O3/c19-18(20)11-5-7-12(8-6-11)21-10-14-16-15-13-4-2-1-3-9-17(13)14/h5-8H,1-4,9-10H2. The molecule has 0 amide bonds. The van der Waals surface area contributed by atoms with Crippen molar-refractivity contribution in [3.63, 3.8) is 0 Å². The Hall–Kier alpha value is -2.44. The summed E-state index contributed by atoms with van der Waals surface area (Å²) in [7, 11) is 0. The van der Waals surface area contributed by atoms with Gasteiger partial charge in [0.25, 0.3) is 5.69 Å². The number of non-ortho nitro benzene ring substituents is 1. The van der Waals surface area contributed by atoms with Crippen molar-refractivity contribution in [2.45, 2.75) is 38.8 Å². The molecule has 1 aliphatic heterocycles. The highest BCUT2D eigenvalue weighted by Crippen LogP contribution is 2.19. The average Bonchev–Trinajstić information content (AvgIpc) is 2.72. The lowest BCUT2D eigenvalue weighted by Gasteiger charge is -2.08.